The molecule has 0 unspecified atom stereocenters. The fraction of sp³-hybridized carbons (Fsp3) is 0.350. The lowest BCUT2D eigenvalue weighted by Gasteiger charge is -2.22. The summed E-state index contributed by atoms with van der Waals surface area (Å²) in [5.74, 6) is 0.225. The third-order valence-corrected chi connectivity index (χ3v) is 6.26. The highest BCUT2D eigenvalue weighted by Gasteiger charge is 2.24. The molecule has 2 rings (SSSR count). The average molecular weight is 391 g/mol. The van der Waals surface area contributed by atoms with Gasteiger partial charge < -0.3 is 10.1 Å². The number of likely N-dealkylation sites (N-methyl/N-ethyl adjacent to an activating group) is 1. The van der Waals surface area contributed by atoms with Crippen molar-refractivity contribution >= 4 is 15.9 Å². The minimum atomic E-state index is -3.76. The van der Waals surface area contributed by atoms with Gasteiger partial charge in [-0.15, -0.1) is 0 Å². The van der Waals surface area contributed by atoms with Gasteiger partial charge in [-0.1, -0.05) is 31.2 Å². The van der Waals surface area contributed by atoms with Crippen molar-refractivity contribution in [3.05, 3.63) is 59.7 Å². The summed E-state index contributed by atoms with van der Waals surface area (Å²) in [5, 5.41) is 2.93. The number of benzene rings is 2. The van der Waals surface area contributed by atoms with Crippen molar-refractivity contribution in [2.75, 3.05) is 20.7 Å². The molecule has 0 aromatic heterocycles. The minimum Gasteiger partial charge on any atom is -0.497 e. The van der Waals surface area contributed by atoms with Crippen LogP contribution in [0.5, 0.6) is 5.75 Å². The van der Waals surface area contributed by atoms with Gasteiger partial charge >= 0.3 is 0 Å². The summed E-state index contributed by atoms with van der Waals surface area (Å²) in [5.41, 5.74) is 2.12. The second kappa shape index (κ2) is 9.01. The van der Waals surface area contributed by atoms with Gasteiger partial charge in [0.1, 0.15) is 5.75 Å². The Labute approximate surface area is 161 Å². The Morgan fingerprint density at radius 3 is 2.33 bits per heavy atom. The summed E-state index contributed by atoms with van der Waals surface area (Å²) in [4.78, 5) is 12.6. The summed E-state index contributed by atoms with van der Waals surface area (Å²) in [6.07, 6.45) is 0.714. The maximum Gasteiger partial charge on any atom is 0.243 e. The zero-order valence-electron chi connectivity index (χ0n) is 16.1. The van der Waals surface area contributed by atoms with Crippen LogP contribution >= 0.6 is 0 Å². The Morgan fingerprint density at radius 2 is 1.78 bits per heavy atom. The number of nitrogens with zero attached hydrogens (tertiary/aromatic N) is 1. The van der Waals surface area contributed by atoms with E-state index in [1.807, 2.05) is 38.1 Å². The van der Waals surface area contributed by atoms with Crippen LogP contribution in [0.2, 0.25) is 0 Å². The monoisotopic (exact) mass is 390 g/mol. The molecule has 0 aliphatic rings. The number of nitrogens with one attached hydrogen (secondary N) is 1. The lowest BCUT2D eigenvalue weighted by molar-refractivity contribution is -0.121. The fourth-order valence-corrected chi connectivity index (χ4v) is 3.96. The van der Waals surface area contributed by atoms with Gasteiger partial charge in [0.2, 0.25) is 15.9 Å². The molecule has 146 valence electrons. The highest BCUT2D eigenvalue weighted by atomic mass is 32.2. The molecule has 0 heterocycles. The summed E-state index contributed by atoms with van der Waals surface area (Å²) >= 11 is 0. The molecule has 1 amide bonds. The van der Waals surface area contributed by atoms with Crippen molar-refractivity contribution in [2.24, 2.45) is 0 Å². The first-order valence-corrected chi connectivity index (χ1v) is 10.2. The molecule has 6 nitrogen and oxygen atoms in total. The molecule has 2 aromatic rings. The van der Waals surface area contributed by atoms with E-state index in [1.165, 1.54) is 26.3 Å². The van der Waals surface area contributed by atoms with Gasteiger partial charge in [-0.3, -0.25) is 4.79 Å². The second-order valence-electron chi connectivity index (χ2n) is 6.32. The Kier molecular flexibility index (Phi) is 6.98. The van der Waals surface area contributed by atoms with Gasteiger partial charge in [0.15, 0.2) is 0 Å². The summed E-state index contributed by atoms with van der Waals surface area (Å²) in [7, 11) is -0.848. The molecule has 7 heteroatoms. The summed E-state index contributed by atoms with van der Waals surface area (Å²) in [6, 6.07) is 13.8. The molecule has 0 fully saturated rings. The number of rotatable bonds is 8. The van der Waals surface area contributed by atoms with Crippen LogP contribution in [0.25, 0.3) is 0 Å². The van der Waals surface area contributed by atoms with E-state index >= 15 is 0 Å². The third kappa shape index (κ3) is 5.08. The predicted octanol–water partition coefficient (Wildman–Crippen LogP) is 2.89. The highest BCUT2D eigenvalue weighted by molar-refractivity contribution is 7.89. The van der Waals surface area contributed by atoms with E-state index in [4.69, 9.17) is 4.74 Å². The quantitative estimate of drug-likeness (QED) is 0.752. The number of carbonyl (C=O) groups excluding carboxylic acids is 1. The van der Waals surface area contributed by atoms with Gasteiger partial charge in [0.25, 0.3) is 0 Å². The normalized spacial score (nSPS) is 12.6. The Hall–Kier alpha value is -2.38. The molecule has 0 spiro atoms. The van der Waals surface area contributed by atoms with E-state index in [9.17, 15) is 13.2 Å². The molecule has 0 aliphatic carbocycles. The number of hydrogen-bond donors (Lipinski definition) is 1. The molecular formula is C20H26N2O4S. The number of carbonyl (C=O) groups is 1. The van der Waals surface area contributed by atoms with Gasteiger partial charge in [-0.2, -0.15) is 4.31 Å². The first-order valence-electron chi connectivity index (χ1n) is 8.74. The standard InChI is InChI=1S/C20H26N2O4S/c1-5-19(18-9-7-6-8-15(18)2)21-20(23)14-22(3)27(24,25)17-12-10-16(26-4)11-13-17/h6-13,19H,5,14H2,1-4H3,(H,21,23)/t19-/m0/s1. The van der Waals surface area contributed by atoms with E-state index in [1.54, 1.807) is 12.1 Å². The van der Waals surface area contributed by atoms with E-state index < -0.39 is 10.0 Å². The van der Waals surface area contributed by atoms with Gasteiger partial charge in [0.05, 0.1) is 24.6 Å². The smallest absolute Gasteiger partial charge is 0.243 e. The third-order valence-electron chi connectivity index (χ3n) is 4.44. The SMILES string of the molecule is CC[C@H](NC(=O)CN(C)S(=O)(=O)c1ccc(OC)cc1)c1ccccc1C. The molecule has 0 saturated carbocycles. The van der Waals surface area contributed by atoms with Crippen molar-refractivity contribution in [3.8, 4) is 5.75 Å². The zero-order chi connectivity index (χ0) is 20.0. The summed E-state index contributed by atoms with van der Waals surface area (Å²) in [6.45, 7) is 3.72. The number of aryl methyl sites for hydroxylation is 1. The van der Waals surface area contributed by atoms with E-state index in [-0.39, 0.29) is 23.4 Å². The molecule has 2 aromatic carbocycles. The number of hydrogen-bond acceptors (Lipinski definition) is 4. The molecule has 27 heavy (non-hydrogen) atoms. The van der Waals surface area contributed by atoms with Gasteiger partial charge in [-0.05, 0) is 48.7 Å². The number of amides is 1. The highest BCUT2D eigenvalue weighted by Crippen LogP contribution is 2.21. The van der Waals surface area contributed by atoms with Crippen LogP contribution in [0.4, 0.5) is 0 Å². The second-order valence-corrected chi connectivity index (χ2v) is 8.37. The van der Waals surface area contributed by atoms with Crippen molar-refractivity contribution in [2.45, 2.75) is 31.2 Å². The molecule has 1 N–H and O–H groups in total. The van der Waals surface area contributed by atoms with Crippen molar-refractivity contribution in [1.82, 2.24) is 9.62 Å². The van der Waals surface area contributed by atoms with Crippen LogP contribution in [0, 0.1) is 6.92 Å². The Bertz CT molecular complexity index is 879. The number of ether oxygens (including phenoxy) is 1. The van der Waals surface area contributed by atoms with Crippen LogP contribution in [0.15, 0.2) is 53.4 Å². The Balaban J connectivity index is 2.08. The first-order chi connectivity index (χ1) is 12.8. The lowest BCUT2D eigenvalue weighted by Crippen LogP contribution is -2.39. The van der Waals surface area contributed by atoms with Gasteiger partial charge in [-0.25, -0.2) is 8.42 Å². The lowest BCUT2D eigenvalue weighted by atomic mass is 9.99. The van der Waals surface area contributed by atoms with Crippen LogP contribution in [0.3, 0.4) is 0 Å². The maximum atomic E-state index is 12.7. The van der Waals surface area contributed by atoms with Crippen molar-refractivity contribution in [3.63, 3.8) is 0 Å². The largest absolute Gasteiger partial charge is 0.497 e. The molecule has 0 bridgehead atoms. The topological polar surface area (TPSA) is 75.7 Å². The van der Waals surface area contributed by atoms with Crippen molar-refractivity contribution < 1.29 is 17.9 Å². The van der Waals surface area contributed by atoms with Crippen LogP contribution < -0.4 is 10.1 Å². The maximum absolute atomic E-state index is 12.7. The first kappa shape index (κ1) is 20.9. The molecule has 1 atom stereocenters. The number of methoxy groups -OCH3 is 1. The molecule has 0 saturated heterocycles. The molecule has 0 aliphatic heterocycles. The van der Waals surface area contributed by atoms with E-state index in [2.05, 4.69) is 5.32 Å². The predicted molar refractivity (Wildman–Crippen MR) is 105 cm³/mol. The number of sulfonamides is 1. The van der Waals surface area contributed by atoms with Gasteiger partial charge in [0, 0.05) is 7.05 Å². The summed E-state index contributed by atoms with van der Waals surface area (Å²) < 4.78 is 31.4. The minimum absolute atomic E-state index is 0.115. The Morgan fingerprint density at radius 1 is 1.15 bits per heavy atom. The van der Waals surface area contributed by atoms with Crippen LogP contribution in [0.1, 0.15) is 30.5 Å². The average Bonchev–Trinajstić information content (AvgIpc) is 2.66. The fourth-order valence-electron chi connectivity index (χ4n) is 2.83. The molecule has 0 radical (unpaired) electrons. The molecular weight excluding hydrogens is 364 g/mol. The van der Waals surface area contributed by atoms with Crippen LogP contribution in [-0.2, 0) is 14.8 Å². The zero-order valence-corrected chi connectivity index (χ0v) is 16.9. The van der Waals surface area contributed by atoms with E-state index in [0.29, 0.717) is 12.2 Å². The van der Waals surface area contributed by atoms with Crippen LogP contribution in [-0.4, -0.2) is 39.3 Å². The van der Waals surface area contributed by atoms with E-state index in [0.717, 1.165) is 15.4 Å². The van der Waals surface area contributed by atoms with Crippen molar-refractivity contribution in [1.29, 1.82) is 0 Å².